The van der Waals surface area contributed by atoms with Gasteiger partial charge >= 0.3 is 0 Å². The molecule has 4 heteroatoms. The molecule has 3 nitrogen and oxygen atoms in total. The Morgan fingerprint density at radius 1 is 1.64 bits per heavy atom. The lowest BCUT2D eigenvalue weighted by molar-refractivity contribution is -0.130. The van der Waals surface area contributed by atoms with E-state index in [1.54, 1.807) is 4.90 Å². The zero-order valence-electron chi connectivity index (χ0n) is 8.74. The smallest absolute Gasteiger partial charge is 0.240 e. The molecule has 0 radical (unpaired) electrons. The van der Waals surface area contributed by atoms with Crippen LogP contribution in [-0.4, -0.2) is 41.0 Å². The molecule has 14 heavy (non-hydrogen) atoms. The van der Waals surface area contributed by atoms with E-state index < -0.39 is 5.38 Å². The Bertz CT molecular complexity index is 210. The van der Waals surface area contributed by atoms with Gasteiger partial charge in [0.1, 0.15) is 5.38 Å². The van der Waals surface area contributed by atoms with Crippen molar-refractivity contribution in [3.8, 4) is 0 Å². The van der Waals surface area contributed by atoms with Crippen LogP contribution in [-0.2, 0) is 4.79 Å². The number of nitrogens with zero attached hydrogens (tertiary/aromatic N) is 1. The number of halogens is 1. The molecule has 1 heterocycles. The molecule has 1 fully saturated rings. The number of amides is 1. The van der Waals surface area contributed by atoms with Crippen LogP contribution in [0.3, 0.4) is 0 Å². The molecule has 0 unspecified atom stereocenters. The van der Waals surface area contributed by atoms with E-state index in [1.165, 1.54) is 0 Å². The van der Waals surface area contributed by atoms with E-state index >= 15 is 0 Å². The Kier molecular flexibility index (Phi) is 4.20. The normalized spacial score (nSPS) is 29.3. The minimum atomic E-state index is -0.403. The van der Waals surface area contributed by atoms with Gasteiger partial charge in [-0.2, -0.15) is 0 Å². The third kappa shape index (κ3) is 2.39. The number of hydrogen-bond donors (Lipinski definition) is 1. The highest BCUT2D eigenvalue weighted by Crippen LogP contribution is 2.24. The Hall–Kier alpha value is -0.280. The first-order valence-corrected chi connectivity index (χ1v) is 5.57. The lowest BCUT2D eigenvalue weighted by Crippen LogP contribution is -2.35. The largest absolute Gasteiger partial charge is 0.396 e. The van der Waals surface area contributed by atoms with Crippen LogP contribution >= 0.6 is 11.6 Å². The van der Waals surface area contributed by atoms with E-state index in [0.717, 1.165) is 6.54 Å². The van der Waals surface area contributed by atoms with Crippen molar-refractivity contribution in [3.05, 3.63) is 0 Å². The maximum atomic E-state index is 11.7. The van der Waals surface area contributed by atoms with Crippen molar-refractivity contribution in [2.75, 3.05) is 19.7 Å². The fourth-order valence-electron chi connectivity index (χ4n) is 1.82. The molecular formula is C10H18ClNO2. The van der Waals surface area contributed by atoms with Crippen LogP contribution in [0.15, 0.2) is 0 Å². The number of alkyl halides is 1. The summed E-state index contributed by atoms with van der Waals surface area (Å²) in [6.45, 7) is 5.50. The molecule has 1 aliphatic rings. The fraction of sp³-hybridized carbons (Fsp3) is 0.900. The first-order valence-electron chi connectivity index (χ1n) is 5.13. The lowest BCUT2D eigenvalue weighted by Gasteiger charge is -2.18. The molecule has 0 bridgehead atoms. The van der Waals surface area contributed by atoms with Crippen LogP contribution in [0.1, 0.15) is 20.3 Å². The van der Waals surface area contributed by atoms with Crippen molar-refractivity contribution < 1.29 is 9.90 Å². The summed E-state index contributed by atoms with van der Waals surface area (Å²) in [4.78, 5) is 13.5. The molecule has 0 aromatic carbocycles. The Morgan fingerprint density at radius 2 is 2.29 bits per heavy atom. The summed E-state index contributed by atoms with van der Waals surface area (Å²) in [6, 6.07) is 0. The van der Waals surface area contributed by atoms with E-state index in [0.29, 0.717) is 18.9 Å². The quantitative estimate of drug-likeness (QED) is 0.722. The molecule has 0 spiro atoms. The van der Waals surface area contributed by atoms with E-state index in [9.17, 15) is 4.79 Å². The average Bonchev–Trinajstić information content (AvgIpc) is 2.57. The average molecular weight is 220 g/mol. The highest BCUT2D eigenvalue weighted by molar-refractivity contribution is 6.30. The van der Waals surface area contributed by atoms with Gasteiger partial charge < -0.3 is 10.0 Å². The van der Waals surface area contributed by atoms with E-state index in [2.05, 4.69) is 6.92 Å². The van der Waals surface area contributed by atoms with Gasteiger partial charge in [0.2, 0.25) is 5.91 Å². The molecule has 1 N–H and O–H groups in total. The van der Waals surface area contributed by atoms with Gasteiger partial charge in [-0.3, -0.25) is 4.79 Å². The van der Waals surface area contributed by atoms with Crippen LogP contribution in [0.4, 0.5) is 0 Å². The first-order chi connectivity index (χ1) is 6.60. The molecule has 0 aliphatic carbocycles. The van der Waals surface area contributed by atoms with Crippen LogP contribution in [0.5, 0.6) is 0 Å². The summed E-state index contributed by atoms with van der Waals surface area (Å²) >= 11 is 5.88. The fourth-order valence-corrected chi connectivity index (χ4v) is 1.96. The van der Waals surface area contributed by atoms with Crippen molar-refractivity contribution in [2.24, 2.45) is 11.8 Å². The van der Waals surface area contributed by atoms with Crippen LogP contribution in [0.25, 0.3) is 0 Å². The second-order valence-corrected chi connectivity index (χ2v) is 4.57. The van der Waals surface area contributed by atoms with Gasteiger partial charge in [0.05, 0.1) is 0 Å². The minimum absolute atomic E-state index is 0.0111. The highest BCUT2D eigenvalue weighted by Gasteiger charge is 2.33. The SMILES string of the molecule is CC[C@H](Cl)C(=O)N1C[C@H](CO)[C@H](C)C1. The van der Waals surface area contributed by atoms with E-state index in [4.69, 9.17) is 16.7 Å². The van der Waals surface area contributed by atoms with Crippen molar-refractivity contribution in [1.29, 1.82) is 0 Å². The summed E-state index contributed by atoms with van der Waals surface area (Å²) in [5.41, 5.74) is 0. The predicted octanol–water partition coefficient (Wildman–Crippen LogP) is 1.09. The lowest BCUT2D eigenvalue weighted by atomic mass is 10.00. The maximum Gasteiger partial charge on any atom is 0.240 e. The topological polar surface area (TPSA) is 40.5 Å². The standard InChI is InChI=1S/C10H18ClNO2/c1-3-9(11)10(14)12-4-7(2)8(5-12)6-13/h7-9,13H,3-6H2,1-2H3/t7-,8-,9+/m1/s1. The number of aliphatic hydroxyl groups excluding tert-OH is 1. The molecule has 1 rings (SSSR count). The number of aliphatic hydroxyl groups is 1. The minimum Gasteiger partial charge on any atom is -0.396 e. The third-order valence-corrected chi connectivity index (χ3v) is 3.44. The van der Waals surface area contributed by atoms with Crippen LogP contribution in [0.2, 0.25) is 0 Å². The molecule has 1 amide bonds. The predicted molar refractivity (Wildman–Crippen MR) is 56.3 cm³/mol. The Morgan fingerprint density at radius 3 is 2.71 bits per heavy atom. The zero-order valence-corrected chi connectivity index (χ0v) is 9.50. The van der Waals surface area contributed by atoms with Crippen molar-refractivity contribution in [1.82, 2.24) is 4.90 Å². The van der Waals surface area contributed by atoms with Crippen LogP contribution < -0.4 is 0 Å². The summed E-state index contributed by atoms with van der Waals surface area (Å²) in [7, 11) is 0. The molecule has 3 atom stereocenters. The van der Waals surface area contributed by atoms with Gasteiger partial charge in [-0.05, 0) is 12.3 Å². The number of hydrogen-bond acceptors (Lipinski definition) is 2. The summed E-state index contributed by atoms with van der Waals surface area (Å²) in [5, 5.41) is 8.66. The molecule has 0 aromatic heterocycles. The van der Waals surface area contributed by atoms with E-state index in [-0.39, 0.29) is 18.4 Å². The summed E-state index contributed by atoms with van der Waals surface area (Å²) in [6.07, 6.45) is 0.662. The summed E-state index contributed by atoms with van der Waals surface area (Å²) < 4.78 is 0. The Labute approximate surface area is 90.0 Å². The number of likely N-dealkylation sites (tertiary alicyclic amines) is 1. The third-order valence-electron chi connectivity index (χ3n) is 2.94. The second kappa shape index (κ2) is 4.99. The molecule has 0 aromatic rings. The monoisotopic (exact) mass is 219 g/mol. The summed E-state index contributed by atoms with van der Waals surface area (Å²) in [5.74, 6) is 0.612. The zero-order chi connectivity index (χ0) is 10.7. The second-order valence-electron chi connectivity index (χ2n) is 4.04. The maximum absolute atomic E-state index is 11.7. The van der Waals surface area contributed by atoms with Crippen molar-refractivity contribution in [3.63, 3.8) is 0 Å². The molecule has 1 aliphatic heterocycles. The number of rotatable bonds is 3. The van der Waals surface area contributed by atoms with E-state index in [1.807, 2.05) is 6.92 Å². The van der Waals surface area contributed by atoms with Gasteiger partial charge in [-0.25, -0.2) is 0 Å². The first kappa shape index (κ1) is 11.8. The molecule has 82 valence electrons. The number of carbonyl (C=O) groups is 1. The molecule has 0 saturated carbocycles. The van der Waals surface area contributed by atoms with Gasteiger partial charge in [0, 0.05) is 25.6 Å². The van der Waals surface area contributed by atoms with Crippen LogP contribution in [0, 0.1) is 11.8 Å². The van der Waals surface area contributed by atoms with Crippen molar-refractivity contribution in [2.45, 2.75) is 25.6 Å². The van der Waals surface area contributed by atoms with Gasteiger partial charge in [-0.15, -0.1) is 11.6 Å². The van der Waals surface area contributed by atoms with Crippen molar-refractivity contribution >= 4 is 17.5 Å². The van der Waals surface area contributed by atoms with Gasteiger partial charge in [-0.1, -0.05) is 13.8 Å². The molecular weight excluding hydrogens is 202 g/mol. The van der Waals surface area contributed by atoms with Gasteiger partial charge in [0.25, 0.3) is 0 Å². The van der Waals surface area contributed by atoms with Gasteiger partial charge in [0.15, 0.2) is 0 Å². The Balaban J connectivity index is 2.52. The highest BCUT2D eigenvalue weighted by atomic mass is 35.5. The molecule has 1 saturated heterocycles. The number of carbonyl (C=O) groups excluding carboxylic acids is 1.